The Bertz CT molecular complexity index is 614. The summed E-state index contributed by atoms with van der Waals surface area (Å²) in [6.07, 6.45) is 7.08. The molecule has 1 unspecified atom stereocenters. The number of carbonyl (C=O) groups is 1. The molecule has 1 atom stereocenters. The molecule has 20 heavy (non-hydrogen) atoms. The molecule has 0 aliphatic carbocycles. The fraction of sp³-hybridized carbons (Fsp3) is 0.267. The lowest BCUT2D eigenvalue weighted by Crippen LogP contribution is -2.31. The third-order valence-electron chi connectivity index (χ3n) is 3.62. The van der Waals surface area contributed by atoms with Gasteiger partial charge in [-0.2, -0.15) is 0 Å². The second-order valence-corrected chi connectivity index (χ2v) is 4.88. The van der Waals surface area contributed by atoms with Gasteiger partial charge in [-0.1, -0.05) is 6.07 Å². The summed E-state index contributed by atoms with van der Waals surface area (Å²) in [4.78, 5) is 22.7. The highest BCUT2D eigenvalue weighted by Gasteiger charge is 2.31. The van der Waals surface area contributed by atoms with Crippen LogP contribution in [-0.2, 0) is 0 Å². The maximum atomic E-state index is 12.6. The molecule has 1 amide bonds. The maximum absolute atomic E-state index is 12.6. The van der Waals surface area contributed by atoms with E-state index in [0.717, 1.165) is 24.9 Å². The van der Waals surface area contributed by atoms with Gasteiger partial charge in [-0.05, 0) is 36.6 Å². The zero-order valence-corrected chi connectivity index (χ0v) is 11.1. The third kappa shape index (κ3) is 2.22. The number of nitrogens with zero attached hydrogens (tertiary/aromatic N) is 3. The molecule has 5 heteroatoms. The fourth-order valence-corrected chi connectivity index (χ4v) is 2.66. The summed E-state index contributed by atoms with van der Waals surface area (Å²) in [5.41, 5.74) is 7.68. The first-order valence-electron chi connectivity index (χ1n) is 6.69. The van der Waals surface area contributed by atoms with E-state index in [1.54, 1.807) is 24.5 Å². The van der Waals surface area contributed by atoms with Crippen LogP contribution in [0.2, 0.25) is 0 Å². The standard InChI is InChI=1S/C15H16N4O/c16-12-5-2-8-18-14(12)15(20)19-9-3-6-13(19)11-4-1-7-17-10-11/h1-2,4-5,7-8,10,13H,3,6,9,16H2. The van der Waals surface area contributed by atoms with Crippen molar-refractivity contribution in [3.05, 3.63) is 54.1 Å². The molecule has 2 N–H and O–H groups in total. The topological polar surface area (TPSA) is 72.1 Å². The average Bonchev–Trinajstić information content (AvgIpc) is 2.97. The molecule has 2 aromatic rings. The number of nitrogens with two attached hydrogens (primary N) is 1. The number of likely N-dealkylation sites (tertiary alicyclic amines) is 1. The molecular weight excluding hydrogens is 252 g/mol. The summed E-state index contributed by atoms with van der Waals surface area (Å²) >= 11 is 0. The maximum Gasteiger partial charge on any atom is 0.275 e. The summed E-state index contributed by atoms with van der Waals surface area (Å²) in [6, 6.07) is 7.40. The summed E-state index contributed by atoms with van der Waals surface area (Å²) in [7, 11) is 0. The van der Waals surface area contributed by atoms with E-state index in [4.69, 9.17) is 5.73 Å². The number of rotatable bonds is 2. The number of pyridine rings is 2. The van der Waals surface area contributed by atoms with Crippen LogP contribution in [0.3, 0.4) is 0 Å². The highest BCUT2D eigenvalue weighted by molar-refractivity contribution is 5.97. The Kier molecular flexibility index (Phi) is 3.33. The molecule has 1 fully saturated rings. The van der Waals surface area contributed by atoms with Gasteiger partial charge in [-0.25, -0.2) is 4.98 Å². The van der Waals surface area contributed by atoms with Gasteiger partial charge in [0.1, 0.15) is 0 Å². The second kappa shape index (κ2) is 5.28. The minimum Gasteiger partial charge on any atom is -0.397 e. The van der Waals surface area contributed by atoms with E-state index in [0.29, 0.717) is 11.4 Å². The summed E-state index contributed by atoms with van der Waals surface area (Å²) in [6.45, 7) is 0.731. The van der Waals surface area contributed by atoms with Gasteiger partial charge in [0.25, 0.3) is 5.91 Å². The van der Waals surface area contributed by atoms with Crippen LogP contribution in [0, 0.1) is 0 Å². The number of anilines is 1. The molecule has 0 aromatic carbocycles. The smallest absolute Gasteiger partial charge is 0.275 e. The number of hydrogen-bond acceptors (Lipinski definition) is 4. The van der Waals surface area contributed by atoms with Crippen molar-refractivity contribution in [2.45, 2.75) is 18.9 Å². The molecule has 102 valence electrons. The quantitative estimate of drug-likeness (QED) is 0.904. The van der Waals surface area contributed by atoms with E-state index in [9.17, 15) is 4.79 Å². The van der Waals surface area contributed by atoms with Gasteiger partial charge in [0, 0.05) is 25.1 Å². The van der Waals surface area contributed by atoms with Crippen LogP contribution in [0.15, 0.2) is 42.9 Å². The van der Waals surface area contributed by atoms with Crippen molar-refractivity contribution in [3.8, 4) is 0 Å². The highest BCUT2D eigenvalue weighted by atomic mass is 16.2. The zero-order chi connectivity index (χ0) is 13.9. The highest BCUT2D eigenvalue weighted by Crippen LogP contribution is 2.32. The summed E-state index contributed by atoms with van der Waals surface area (Å²) in [5, 5.41) is 0. The van der Waals surface area contributed by atoms with Crippen LogP contribution in [0.4, 0.5) is 5.69 Å². The SMILES string of the molecule is Nc1cccnc1C(=O)N1CCCC1c1cccnc1. The molecular formula is C15H16N4O. The zero-order valence-electron chi connectivity index (χ0n) is 11.1. The van der Waals surface area contributed by atoms with Crippen LogP contribution in [0.1, 0.15) is 34.9 Å². The summed E-state index contributed by atoms with van der Waals surface area (Å²) in [5.74, 6) is -0.102. The van der Waals surface area contributed by atoms with Crippen molar-refractivity contribution in [2.75, 3.05) is 12.3 Å². The minimum absolute atomic E-state index is 0.0672. The Hall–Kier alpha value is -2.43. The van der Waals surface area contributed by atoms with Crippen LogP contribution in [0.5, 0.6) is 0 Å². The number of aromatic nitrogens is 2. The number of nitrogen functional groups attached to an aromatic ring is 1. The second-order valence-electron chi connectivity index (χ2n) is 4.88. The lowest BCUT2D eigenvalue weighted by molar-refractivity contribution is 0.0730. The van der Waals surface area contributed by atoms with Gasteiger partial charge in [0.05, 0.1) is 11.7 Å². The normalized spacial score (nSPS) is 18.2. The third-order valence-corrected chi connectivity index (χ3v) is 3.62. The van der Waals surface area contributed by atoms with E-state index in [1.165, 1.54) is 0 Å². The Morgan fingerprint density at radius 3 is 2.90 bits per heavy atom. The Morgan fingerprint density at radius 2 is 2.15 bits per heavy atom. The van der Waals surface area contributed by atoms with Gasteiger partial charge in [-0.15, -0.1) is 0 Å². The monoisotopic (exact) mass is 268 g/mol. The van der Waals surface area contributed by atoms with Crippen molar-refractivity contribution < 1.29 is 4.79 Å². The predicted octanol–water partition coefficient (Wildman–Crippen LogP) is 2.04. The predicted molar refractivity (Wildman–Crippen MR) is 75.9 cm³/mol. The number of carbonyl (C=O) groups excluding carboxylic acids is 1. The molecule has 3 heterocycles. The molecule has 3 rings (SSSR count). The van der Waals surface area contributed by atoms with Gasteiger partial charge in [0.2, 0.25) is 0 Å². The van der Waals surface area contributed by atoms with Gasteiger partial charge in [0.15, 0.2) is 5.69 Å². The molecule has 1 aliphatic heterocycles. The van der Waals surface area contributed by atoms with Crippen molar-refractivity contribution in [2.24, 2.45) is 0 Å². The van der Waals surface area contributed by atoms with Gasteiger partial charge < -0.3 is 10.6 Å². The Morgan fingerprint density at radius 1 is 1.30 bits per heavy atom. The molecule has 5 nitrogen and oxygen atoms in total. The average molecular weight is 268 g/mol. The first-order valence-corrected chi connectivity index (χ1v) is 6.69. The Balaban J connectivity index is 1.90. The fourth-order valence-electron chi connectivity index (χ4n) is 2.66. The van der Waals surface area contributed by atoms with Crippen molar-refractivity contribution in [3.63, 3.8) is 0 Å². The lowest BCUT2D eigenvalue weighted by atomic mass is 10.1. The van der Waals surface area contributed by atoms with Crippen LogP contribution in [0.25, 0.3) is 0 Å². The summed E-state index contributed by atoms with van der Waals surface area (Å²) < 4.78 is 0. The largest absolute Gasteiger partial charge is 0.397 e. The van der Waals surface area contributed by atoms with Crippen molar-refractivity contribution in [1.29, 1.82) is 0 Å². The van der Waals surface area contributed by atoms with E-state index >= 15 is 0 Å². The van der Waals surface area contributed by atoms with Crippen molar-refractivity contribution >= 4 is 11.6 Å². The first kappa shape index (κ1) is 12.6. The first-order chi connectivity index (χ1) is 9.77. The Labute approximate surface area is 117 Å². The van der Waals surface area contributed by atoms with Gasteiger partial charge >= 0.3 is 0 Å². The molecule has 0 saturated carbocycles. The van der Waals surface area contributed by atoms with Crippen molar-refractivity contribution in [1.82, 2.24) is 14.9 Å². The molecule has 0 spiro atoms. The minimum atomic E-state index is -0.102. The molecule has 0 radical (unpaired) electrons. The number of hydrogen-bond donors (Lipinski definition) is 1. The number of amides is 1. The molecule has 2 aromatic heterocycles. The van der Waals surface area contributed by atoms with E-state index < -0.39 is 0 Å². The van der Waals surface area contributed by atoms with Crippen LogP contribution in [-0.4, -0.2) is 27.3 Å². The lowest BCUT2D eigenvalue weighted by Gasteiger charge is -2.24. The van der Waals surface area contributed by atoms with Crippen LogP contribution >= 0.6 is 0 Å². The van der Waals surface area contributed by atoms with E-state index in [1.807, 2.05) is 23.2 Å². The van der Waals surface area contributed by atoms with E-state index in [-0.39, 0.29) is 11.9 Å². The van der Waals surface area contributed by atoms with E-state index in [2.05, 4.69) is 9.97 Å². The molecule has 0 bridgehead atoms. The van der Waals surface area contributed by atoms with Gasteiger partial charge in [-0.3, -0.25) is 9.78 Å². The molecule has 1 saturated heterocycles. The molecule has 1 aliphatic rings. The van der Waals surface area contributed by atoms with Crippen LogP contribution < -0.4 is 5.73 Å².